The lowest BCUT2D eigenvalue weighted by molar-refractivity contribution is 0.0928. The van der Waals surface area contributed by atoms with Gasteiger partial charge in [-0.15, -0.1) is 0 Å². The standard InChI is InChI=1S/C15H19N3O/c19-15(16-12-7-3-1-2-4-8-12)14-11-13-9-5-6-10-18(13)17-14/h5-6,9-12H,1-4,7-8H2,(H,16,19). The minimum absolute atomic E-state index is 0.0457. The van der Waals surface area contributed by atoms with E-state index in [1.54, 1.807) is 4.52 Å². The van der Waals surface area contributed by atoms with Crippen LogP contribution in [0.1, 0.15) is 49.0 Å². The third kappa shape index (κ3) is 2.78. The molecular formula is C15H19N3O. The highest BCUT2D eigenvalue weighted by molar-refractivity contribution is 5.93. The van der Waals surface area contributed by atoms with Gasteiger partial charge in [0.25, 0.3) is 5.91 Å². The van der Waals surface area contributed by atoms with Gasteiger partial charge in [-0.2, -0.15) is 5.10 Å². The van der Waals surface area contributed by atoms with E-state index in [1.165, 1.54) is 25.7 Å². The summed E-state index contributed by atoms with van der Waals surface area (Å²) in [6.45, 7) is 0. The molecule has 1 N–H and O–H groups in total. The van der Waals surface area contributed by atoms with Gasteiger partial charge in [0.1, 0.15) is 0 Å². The maximum atomic E-state index is 12.2. The third-order valence-electron chi connectivity index (χ3n) is 3.79. The van der Waals surface area contributed by atoms with Gasteiger partial charge in [0, 0.05) is 12.2 Å². The lowest BCUT2D eigenvalue weighted by Gasteiger charge is -2.14. The molecule has 3 rings (SSSR count). The van der Waals surface area contributed by atoms with E-state index in [2.05, 4.69) is 10.4 Å². The van der Waals surface area contributed by atoms with Gasteiger partial charge in [0.2, 0.25) is 0 Å². The lowest BCUT2D eigenvalue weighted by Crippen LogP contribution is -2.34. The number of nitrogens with zero attached hydrogens (tertiary/aromatic N) is 2. The number of carbonyl (C=O) groups is 1. The molecule has 0 saturated heterocycles. The SMILES string of the molecule is O=C(NC1CCCCCC1)c1cc2ccccn2n1. The summed E-state index contributed by atoms with van der Waals surface area (Å²) in [5.41, 5.74) is 1.46. The topological polar surface area (TPSA) is 46.4 Å². The number of fused-ring (bicyclic) bond motifs is 1. The van der Waals surface area contributed by atoms with Gasteiger partial charge in [-0.25, -0.2) is 4.52 Å². The van der Waals surface area contributed by atoms with Crippen LogP contribution in [-0.4, -0.2) is 21.6 Å². The average Bonchev–Trinajstić information content (AvgIpc) is 2.70. The number of hydrogen-bond donors (Lipinski definition) is 1. The Labute approximate surface area is 112 Å². The smallest absolute Gasteiger partial charge is 0.272 e. The summed E-state index contributed by atoms with van der Waals surface area (Å²) in [5, 5.41) is 7.43. The number of amides is 1. The van der Waals surface area contributed by atoms with Crippen molar-refractivity contribution in [3.8, 4) is 0 Å². The Morgan fingerprint density at radius 1 is 1.21 bits per heavy atom. The summed E-state index contributed by atoms with van der Waals surface area (Å²) in [7, 11) is 0. The predicted octanol–water partition coefficient (Wildman–Crippen LogP) is 2.79. The molecule has 2 heterocycles. The molecular weight excluding hydrogens is 238 g/mol. The molecule has 1 saturated carbocycles. The predicted molar refractivity (Wildman–Crippen MR) is 74.1 cm³/mol. The first-order valence-electron chi connectivity index (χ1n) is 7.08. The Kier molecular flexibility index (Phi) is 3.49. The van der Waals surface area contributed by atoms with Gasteiger partial charge in [-0.3, -0.25) is 4.79 Å². The van der Waals surface area contributed by atoms with Gasteiger partial charge in [-0.05, 0) is 31.0 Å². The molecule has 0 radical (unpaired) electrons. The largest absolute Gasteiger partial charge is 0.348 e. The summed E-state index contributed by atoms with van der Waals surface area (Å²) in [5.74, 6) is -0.0457. The van der Waals surface area contributed by atoms with E-state index in [0.29, 0.717) is 11.7 Å². The van der Waals surface area contributed by atoms with Crippen LogP contribution in [0.4, 0.5) is 0 Å². The summed E-state index contributed by atoms with van der Waals surface area (Å²) in [4.78, 5) is 12.2. The fourth-order valence-corrected chi connectivity index (χ4v) is 2.73. The maximum Gasteiger partial charge on any atom is 0.272 e. The van der Waals surface area contributed by atoms with Gasteiger partial charge < -0.3 is 5.32 Å². The van der Waals surface area contributed by atoms with Gasteiger partial charge in [-0.1, -0.05) is 31.7 Å². The number of aromatic nitrogens is 2. The van der Waals surface area contributed by atoms with E-state index in [4.69, 9.17) is 0 Å². The summed E-state index contributed by atoms with van der Waals surface area (Å²) in [6.07, 6.45) is 9.07. The molecule has 100 valence electrons. The van der Waals surface area contributed by atoms with Crippen LogP contribution in [0.3, 0.4) is 0 Å². The minimum Gasteiger partial charge on any atom is -0.348 e. The molecule has 0 atom stereocenters. The molecule has 1 fully saturated rings. The molecule has 0 bridgehead atoms. The molecule has 0 unspecified atom stereocenters. The van der Waals surface area contributed by atoms with Crippen LogP contribution in [0.25, 0.3) is 5.52 Å². The molecule has 4 nitrogen and oxygen atoms in total. The third-order valence-corrected chi connectivity index (χ3v) is 3.79. The van der Waals surface area contributed by atoms with Crippen LogP contribution in [0.5, 0.6) is 0 Å². The molecule has 0 aromatic carbocycles. The van der Waals surface area contributed by atoms with Crippen LogP contribution in [0.15, 0.2) is 30.5 Å². The number of carbonyl (C=O) groups excluding carboxylic acids is 1. The van der Waals surface area contributed by atoms with Crippen molar-refractivity contribution in [1.29, 1.82) is 0 Å². The Morgan fingerprint density at radius 3 is 2.74 bits per heavy atom. The molecule has 2 aromatic rings. The highest BCUT2D eigenvalue weighted by Crippen LogP contribution is 2.17. The Balaban J connectivity index is 1.72. The van der Waals surface area contributed by atoms with Crippen molar-refractivity contribution in [2.75, 3.05) is 0 Å². The number of hydrogen-bond acceptors (Lipinski definition) is 2. The van der Waals surface area contributed by atoms with Crippen LogP contribution in [0.2, 0.25) is 0 Å². The fraction of sp³-hybridized carbons (Fsp3) is 0.467. The first-order chi connectivity index (χ1) is 9.33. The maximum absolute atomic E-state index is 12.2. The highest BCUT2D eigenvalue weighted by atomic mass is 16.2. The number of nitrogens with one attached hydrogen (secondary N) is 1. The van der Waals surface area contributed by atoms with Gasteiger partial charge >= 0.3 is 0 Å². The fourth-order valence-electron chi connectivity index (χ4n) is 2.73. The van der Waals surface area contributed by atoms with E-state index < -0.39 is 0 Å². The van der Waals surface area contributed by atoms with Crippen LogP contribution < -0.4 is 5.32 Å². The zero-order valence-electron chi connectivity index (χ0n) is 11.0. The number of pyridine rings is 1. The summed E-state index contributed by atoms with van der Waals surface area (Å²) < 4.78 is 1.74. The lowest BCUT2D eigenvalue weighted by atomic mass is 10.1. The van der Waals surface area contributed by atoms with Crippen molar-refractivity contribution >= 4 is 11.4 Å². The molecule has 0 spiro atoms. The second-order valence-corrected chi connectivity index (χ2v) is 5.26. The Bertz CT molecular complexity index is 535. The zero-order valence-corrected chi connectivity index (χ0v) is 11.0. The van der Waals surface area contributed by atoms with Crippen molar-refractivity contribution < 1.29 is 4.79 Å². The minimum atomic E-state index is -0.0457. The molecule has 1 amide bonds. The van der Waals surface area contributed by atoms with Crippen LogP contribution in [0, 0.1) is 0 Å². The van der Waals surface area contributed by atoms with E-state index in [1.807, 2.05) is 30.5 Å². The second kappa shape index (κ2) is 5.43. The quantitative estimate of drug-likeness (QED) is 0.841. The number of rotatable bonds is 2. The van der Waals surface area contributed by atoms with E-state index in [0.717, 1.165) is 18.4 Å². The highest BCUT2D eigenvalue weighted by Gasteiger charge is 2.17. The molecule has 1 aliphatic carbocycles. The average molecular weight is 257 g/mol. The van der Waals surface area contributed by atoms with E-state index in [-0.39, 0.29) is 5.91 Å². The van der Waals surface area contributed by atoms with Crippen molar-refractivity contribution in [3.05, 3.63) is 36.2 Å². The summed E-state index contributed by atoms with van der Waals surface area (Å²) >= 11 is 0. The van der Waals surface area contributed by atoms with E-state index in [9.17, 15) is 4.79 Å². The molecule has 2 aromatic heterocycles. The van der Waals surface area contributed by atoms with E-state index >= 15 is 0 Å². The Morgan fingerprint density at radius 2 is 2.00 bits per heavy atom. The summed E-state index contributed by atoms with van der Waals surface area (Å²) in [6, 6.07) is 7.97. The van der Waals surface area contributed by atoms with Crippen molar-refractivity contribution in [2.45, 2.75) is 44.6 Å². The van der Waals surface area contributed by atoms with Crippen LogP contribution in [-0.2, 0) is 0 Å². The first-order valence-corrected chi connectivity index (χ1v) is 7.08. The van der Waals surface area contributed by atoms with Gasteiger partial charge in [0.05, 0.1) is 5.52 Å². The molecule has 1 aliphatic rings. The second-order valence-electron chi connectivity index (χ2n) is 5.26. The van der Waals surface area contributed by atoms with Gasteiger partial charge in [0.15, 0.2) is 5.69 Å². The monoisotopic (exact) mass is 257 g/mol. The first kappa shape index (κ1) is 12.2. The molecule has 19 heavy (non-hydrogen) atoms. The molecule has 4 heteroatoms. The van der Waals surface area contributed by atoms with Crippen molar-refractivity contribution in [1.82, 2.24) is 14.9 Å². The van der Waals surface area contributed by atoms with Crippen molar-refractivity contribution in [3.63, 3.8) is 0 Å². The normalized spacial score (nSPS) is 17.3. The zero-order chi connectivity index (χ0) is 13.1. The molecule has 0 aliphatic heterocycles. The van der Waals surface area contributed by atoms with Crippen molar-refractivity contribution in [2.24, 2.45) is 0 Å². The van der Waals surface area contributed by atoms with Crippen LogP contribution >= 0.6 is 0 Å². The Hall–Kier alpha value is -1.84.